The van der Waals surface area contributed by atoms with Crippen LogP contribution in [0.15, 0.2) is 4.99 Å². The fraction of sp³-hybridized carbons (Fsp3) is 0.833. The number of halogens is 1. The minimum atomic E-state index is 0. The number of hydrogen-bond acceptors (Lipinski definition) is 4. The number of aromatic nitrogens is 3. The smallest absolute Gasteiger partial charge is 0.191 e. The maximum absolute atomic E-state index is 4.35. The van der Waals surface area contributed by atoms with Crippen LogP contribution in [0.25, 0.3) is 0 Å². The molecule has 1 aromatic rings. The highest BCUT2D eigenvalue weighted by atomic mass is 127. The molecule has 1 saturated heterocycles. The Bertz CT molecular complexity index is 548. The largest absolute Gasteiger partial charge is 0.355 e. The summed E-state index contributed by atoms with van der Waals surface area (Å²) < 4.78 is 1.99. The summed E-state index contributed by atoms with van der Waals surface area (Å²) in [5.41, 5.74) is 0. The van der Waals surface area contributed by atoms with Crippen molar-refractivity contribution in [3.05, 3.63) is 11.6 Å². The number of nitrogens with zero attached hydrogens (tertiary/aromatic N) is 5. The summed E-state index contributed by atoms with van der Waals surface area (Å²) in [5, 5.41) is 15.1. The minimum absolute atomic E-state index is 0. The molecule has 2 heterocycles. The number of aliphatic imine (C=N–C) groups is 1. The van der Waals surface area contributed by atoms with Crippen LogP contribution in [-0.2, 0) is 13.6 Å². The van der Waals surface area contributed by atoms with E-state index in [1.165, 1.54) is 38.8 Å². The molecular formula is C18H36IN7. The number of nitrogens with one attached hydrogen (secondary N) is 2. The van der Waals surface area contributed by atoms with Crippen molar-refractivity contribution in [1.82, 2.24) is 30.3 Å². The number of guanidine groups is 1. The van der Waals surface area contributed by atoms with Crippen molar-refractivity contribution in [2.75, 3.05) is 26.7 Å². The van der Waals surface area contributed by atoms with E-state index in [0.29, 0.717) is 18.5 Å². The molecule has 7 nitrogen and oxygen atoms in total. The zero-order valence-corrected chi connectivity index (χ0v) is 19.3. The van der Waals surface area contributed by atoms with E-state index >= 15 is 0 Å². The highest BCUT2D eigenvalue weighted by Gasteiger charge is 2.22. The van der Waals surface area contributed by atoms with Gasteiger partial charge in [0.2, 0.25) is 0 Å². The second-order valence-electron chi connectivity index (χ2n) is 7.29. The van der Waals surface area contributed by atoms with E-state index in [9.17, 15) is 0 Å². The van der Waals surface area contributed by atoms with Crippen LogP contribution in [0.2, 0.25) is 0 Å². The molecule has 1 unspecified atom stereocenters. The minimum Gasteiger partial charge on any atom is -0.355 e. The quantitative estimate of drug-likeness (QED) is 0.374. The number of rotatable bonds is 6. The third-order valence-corrected chi connectivity index (χ3v) is 5.18. The zero-order valence-electron chi connectivity index (χ0n) is 17.0. The van der Waals surface area contributed by atoms with Gasteiger partial charge in [0.1, 0.15) is 5.82 Å². The Hall–Kier alpha value is -0.900. The highest BCUT2D eigenvalue weighted by molar-refractivity contribution is 14.0. The van der Waals surface area contributed by atoms with E-state index in [0.717, 1.165) is 24.2 Å². The van der Waals surface area contributed by atoms with Crippen molar-refractivity contribution in [3.8, 4) is 0 Å². The van der Waals surface area contributed by atoms with Crippen LogP contribution in [0, 0.1) is 12.8 Å². The fourth-order valence-corrected chi connectivity index (χ4v) is 3.40. The molecule has 0 bridgehead atoms. The summed E-state index contributed by atoms with van der Waals surface area (Å²) in [6.45, 7) is 10.6. The van der Waals surface area contributed by atoms with Gasteiger partial charge in [-0.25, -0.2) is 0 Å². The molecule has 1 aromatic heterocycles. The first-order valence-electron chi connectivity index (χ1n) is 9.56. The lowest BCUT2D eigenvalue weighted by Crippen LogP contribution is -2.49. The Morgan fingerprint density at radius 2 is 1.77 bits per heavy atom. The summed E-state index contributed by atoms with van der Waals surface area (Å²) in [4.78, 5) is 7.01. The predicted molar refractivity (Wildman–Crippen MR) is 118 cm³/mol. The fourth-order valence-electron chi connectivity index (χ4n) is 3.40. The third-order valence-electron chi connectivity index (χ3n) is 5.18. The van der Waals surface area contributed by atoms with Gasteiger partial charge in [0.25, 0.3) is 0 Å². The molecule has 0 amide bonds. The van der Waals surface area contributed by atoms with Gasteiger partial charge in [-0.05, 0) is 38.8 Å². The van der Waals surface area contributed by atoms with E-state index in [-0.39, 0.29) is 24.0 Å². The molecule has 8 heteroatoms. The molecule has 1 aliphatic heterocycles. The van der Waals surface area contributed by atoms with Gasteiger partial charge in [-0.1, -0.05) is 26.7 Å². The van der Waals surface area contributed by atoms with Gasteiger partial charge in [-0.2, -0.15) is 0 Å². The lowest BCUT2D eigenvalue weighted by atomic mass is 10.0. The molecule has 2 rings (SSSR count). The number of likely N-dealkylation sites (tertiary alicyclic amines) is 1. The Labute approximate surface area is 175 Å². The Kier molecular flexibility index (Phi) is 10.4. The average Bonchev–Trinajstić information content (AvgIpc) is 2.80. The van der Waals surface area contributed by atoms with Gasteiger partial charge in [-0.15, -0.1) is 34.2 Å². The Balaban J connectivity index is 0.00000338. The van der Waals surface area contributed by atoms with Crippen LogP contribution in [0.4, 0.5) is 0 Å². The van der Waals surface area contributed by atoms with Crippen LogP contribution in [-0.4, -0.2) is 58.3 Å². The second-order valence-corrected chi connectivity index (χ2v) is 7.29. The average molecular weight is 477 g/mol. The van der Waals surface area contributed by atoms with E-state index in [2.05, 4.69) is 44.6 Å². The molecule has 0 saturated carbocycles. The number of hydrogen-bond donors (Lipinski definition) is 2. The van der Waals surface area contributed by atoms with E-state index in [1.807, 2.05) is 25.6 Å². The monoisotopic (exact) mass is 477 g/mol. The van der Waals surface area contributed by atoms with Gasteiger partial charge in [0.05, 0.1) is 6.54 Å². The third kappa shape index (κ3) is 6.68. The van der Waals surface area contributed by atoms with E-state index in [4.69, 9.17) is 0 Å². The standard InChI is InChI=1S/C18H35N7.HI/c1-14(2)16(25-10-8-6-7-9-11-25)12-20-18(19-4)21-13-17-23-22-15(3)24(17)5;/h14,16H,6-13H2,1-5H3,(H2,19,20,21);1H. The van der Waals surface area contributed by atoms with Crippen LogP contribution in [0.1, 0.15) is 51.2 Å². The molecular weight excluding hydrogens is 441 g/mol. The molecule has 2 N–H and O–H groups in total. The predicted octanol–water partition coefficient (Wildman–Crippen LogP) is 2.31. The van der Waals surface area contributed by atoms with Crippen LogP contribution >= 0.6 is 24.0 Å². The molecule has 0 aliphatic carbocycles. The van der Waals surface area contributed by atoms with E-state index in [1.54, 1.807) is 0 Å². The first-order chi connectivity index (χ1) is 12.0. The van der Waals surface area contributed by atoms with Crippen LogP contribution in [0.5, 0.6) is 0 Å². The molecule has 26 heavy (non-hydrogen) atoms. The van der Waals surface area contributed by atoms with Gasteiger partial charge in [0, 0.05) is 26.7 Å². The van der Waals surface area contributed by atoms with Crippen molar-refractivity contribution in [3.63, 3.8) is 0 Å². The van der Waals surface area contributed by atoms with E-state index < -0.39 is 0 Å². The van der Waals surface area contributed by atoms with Crippen molar-refractivity contribution in [2.45, 2.75) is 59.0 Å². The molecule has 1 atom stereocenters. The summed E-state index contributed by atoms with van der Waals surface area (Å²) in [6.07, 6.45) is 5.38. The molecule has 0 radical (unpaired) electrons. The summed E-state index contributed by atoms with van der Waals surface area (Å²) in [5.74, 6) is 3.26. The topological polar surface area (TPSA) is 70.4 Å². The molecule has 0 spiro atoms. The molecule has 150 valence electrons. The van der Waals surface area contributed by atoms with Gasteiger partial charge >= 0.3 is 0 Å². The SMILES string of the molecule is CN=C(NCc1nnc(C)n1C)NCC(C(C)C)N1CCCCCC1.I. The Morgan fingerprint density at radius 3 is 2.27 bits per heavy atom. The number of aryl methyl sites for hydroxylation is 1. The lowest BCUT2D eigenvalue weighted by Gasteiger charge is -2.34. The summed E-state index contributed by atoms with van der Waals surface area (Å²) in [6, 6.07) is 0.536. The first-order valence-corrected chi connectivity index (χ1v) is 9.56. The molecule has 0 aromatic carbocycles. The van der Waals surface area contributed by atoms with Crippen molar-refractivity contribution >= 4 is 29.9 Å². The normalized spacial score (nSPS) is 17.5. The zero-order chi connectivity index (χ0) is 18.2. The lowest BCUT2D eigenvalue weighted by molar-refractivity contribution is 0.161. The maximum Gasteiger partial charge on any atom is 0.191 e. The van der Waals surface area contributed by atoms with Crippen LogP contribution in [0.3, 0.4) is 0 Å². The van der Waals surface area contributed by atoms with Crippen molar-refractivity contribution in [1.29, 1.82) is 0 Å². The molecule has 1 fully saturated rings. The summed E-state index contributed by atoms with van der Waals surface area (Å²) >= 11 is 0. The maximum atomic E-state index is 4.35. The van der Waals surface area contributed by atoms with Gasteiger partial charge in [0.15, 0.2) is 11.8 Å². The summed E-state index contributed by atoms with van der Waals surface area (Å²) in [7, 11) is 3.80. The highest BCUT2D eigenvalue weighted by Crippen LogP contribution is 2.17. The van der Waals surface area contributed by atoms with Gasteiger partial charge < -0.3 is 15.2 Å². The Morgan fingerprint density at radius 1 is 1.12 bits per heavy atom. The van der Waals surface area contributed by atoms with Crippen molar-refractivity contribution < 1.29 is 0 Å². The van der Waals surface area contributed by atoms with Gasteiger partial charge in [-0.3, -0.25) is 9.89 Å². The second kappa shape index (κ2) is 11.7. The first kappa shape index (κ1) is 23.1. The molecule has 1 aliphatic rings. The van der Waals surface area contributed by atoms with Crippen LogP contribution < -0.4 is 10.6 Å². The van der Waals surface area contributed by atoms with Crippen molar-refractivity contribution in [2.24, 2.45) is 18.0 Å².